The third-order valence-electron chi connectivity index (χ3n) is 1.33. The van der Waals surface area contributed by atoms with E-state index in [0.717, 1.165) is 6.42 Å². The van der Waals surface area contributed by atoms with Gasteiger partial charge in [0.25, 0.3) is 0 Å². The molecular weight excluding hydrogens is 179 g/mol. The summed E-state index contributed by atoms with van der Waals surface area (Å²) in [6, 6.07) is 0. The van der Waals surface area contributed by atoms with Crippen molar-refractivity contribution in [2.24, 2.45) is 5.41 Å². The van der Waals surface area contributed by atoms with E-state index in [4.69, 9.17) is 9.79 Å². The predicted molar refractivity (Wildman–Crippen MR) is 46.7 cm³/mol. The standard InChI is InChI=1S/C7H17O4P/c1-7(2,3)5-4-6-11-12(8,9)10/h4-6H2,1-3H3,(H2,8,9,10). The molecular formula is C7H17O4P. The summed E-state index contributed by atoms with van der Waals surface area (Å²) in [7, 11) is -4.25. The van der Waals surface area contributed by atoms with Gasteiger partial charge in [0, 0.05) is 0 Å². The predicted octanol–water partition coefficient (Wildman–Crippen LogP) is 1.92. The van der Waals surface area contributed by atoms with Gasteiger partial charge in [0.1, 0.15) is 0 Å². The van der Waals surface area contributed by atoms with Gasteiger partial charge in [-0.25, -0.2) is 4.57 Å². The van der Waals surface area contributed by atoms with Crippen LogP contribution in [-0.4, -0.2) is 16.4 Å². The van der Waals surface area contributed by atoms with Crippen LogP contribution in [0.4, 0.5) is 0 Å². The van der Waals surface area contributed by atoms with Crippen LogP contribution in [-0.2, 0) is 9.09 Å². The molecule has 12 heavy (non-hydrogen) atoms. The lowest BCUT2D eigenvalue weighted by Gasteiger charge is -2.17. The van der Waals surface area contributed by atoms with Gasteiger partial charge in [-0.3, -0.25) is 4.52 Å². The van der Waals surface area contributed by atoms with E-state index in [-0.39, 0.29) is 12.0 Å². The van der Waals surface area contributed by atoms with E-state index >= 15 is 0 Å². The molecule has 4 nitrogen and oxygen atoms in total. The van der Waals surface area contributed by atoms with E-state index in [1.165, 1.54) is 0 Å². The molecule has 2 N–H and O–H groups in total. The fourth-order valence-corrected chi connectivity index (χ4v) is 1.15. The molecule has 0 aromatic rings. The Labute approximate surface area is 73.2 Å². The van der Waals surface area contributed by atoms with Crippen molar-refractivity contribution in [2.75, 3.05) is 6.61 Å². The smallest absolute Gasteiger partial charge is 0.303 e. The largest absolute Gasteiger partial charge is 0.469 e. The summed E-state index contributed by atoms with van der Waals surface area (Å²) >= 11 is 0. The minimum absolute atomic E-state index is 0.127. The van der Waals surface area contributed by atoms with Crippen molar-refractivity contribution in [1.82, 2.24) is 0 Å². The van der Waals surface area contributed by atoms with Crippen molar-refractivity contribution in [3.8, 4) is 0 Å². The Bertz CT molecular complexity index is 167. The fourth-order valence-electron chi connectivity index (χ4n) is 0.786. The van der Waals surface area contributed by atoms with Crippen molar-refractivity contribution in [1.29, 1.82) is 0 Å². The van der Waals surface area contributed by atoms with Gasteiger partial charge in [-0.15, -0.1) is 0 Å². The third kappa shape index (κ3) is 10.1. The van der Waals surface area contributed by atoms with Crippen LogP contribution in [0.3, 0.4) is 0 Å². The summed E-state index contributed by atoms with van der Waals surface area (Å²) in [5.41, 5.74) is 0.193. The highest BCUT2D eigenvalue weighted by atomic mass is 31.2. The van der Waals surface area contributed by atoms with Crippen LogP contribution < -0.4 is 0 Å². The first-order chi connectivity index (χ1) is 5.21. The van der Waals surface area contributed by atoms with Gasteiger partial charge in [0.05, 0.1) is 6.61 Å². The summed E-state index contributed by atoms with van der Waals surface area (Å²) in [4.78, 5) is 16.7. The molecule has 0 aliphatic carbocycles. The van der Waals surface area contributed by atoms with Gasteiger partial charge in [0.15, 0.2) is 0 Å². The second kappa shape index (κ2) is 4.38. The number of hydrogen-bond donors (Lipinski definition) is 2. The molecule has 74 valence electrons. The zero-order valence-corrected chi connectivity index (χ0v) is 8.67. The maximum atomic E-state index is 10.2. The molecule has 0 amide bonds. The van der Waals surface area contributed by atoms with Crippen molar-refractivity contribution >= 4 is 7.82 Å². The summed E-state index contributed by atoms with van der Waals surface area (Å²) in [6.07, 6.45) is 1.57. The normalized spacial score (nSPS) is 13.4. The van der Waals surface area contributed by atoms with Crippen LogP contribution in [0, 0.1) is 5.41 Å². The Kier molecular flexibility index (Phi) is 4.42. The third-order valence-corrected chi connectivity index (χ3v) is 1.85. The van der Waals surface area contributed by atoms with Crippen LogP contribution >= 0.6 is 7.82 Å². The maximum Gasteiger partial charge on any atom is 0.469 e. The molecule has 5 heteroatoms. The molecule has 0 aliphatic heterocycles. The second-order valence-electron chi connectivity index (χ2n) is 3.99. The molecule has 0 unspecified atom stereocenters. The summed E-state index contributed by atoms with van der Waals surface area (Å²) in [5.74, 6) is 0. The molecule has 0 aromatic carbocycles. The van der Waals surface area contributed by atoms with E-state index < -0.39 is 7.82 Å². The number of hydrogen-bond acceptors (Lipinski definition) is 2. The Balaban J connectivity index is 3.41. The Morgan fingerprint density at radius 2 is 1.83 bits per heavy atom. The first kappa shape index (κ1) is 12.1. The lowest BCUT2D eigenvalue weighted by atomic mass is 9.91. The first-order valence-electron chi connectivity index (χ1n) is 3.91. The molecule has 0 rings (SSSR count). The number of phosphoric ester groups is 1. The Morgan fingerprint density at radius 1 is 1.33 bits per heavy atom. The summed E-state index contributed by atoms with van der Waals surface area (Å²) < 4.78 is 14.5. The monoisotopic (exact) mass is 196 g/mol. The van der Waals surface area contributed by atoms with Gasteiger partial charge in [-0.2, -0.15) is 0 Å². The van der Waals surface area contributed by atoms with Gasteiger partial charge in [0.2, 0.25) is 0 Å². The molecule has 0 saturated heterocycles. The van der Waals surface area contributed by atoms with E-state index in [2.05, 4.69) is 25.3 Å². The number of phosphoric acid groups is 1. The van der Waals surface area contributed by atoms with Crippen LogP contribution in [0.2, 0.25) is 0 Å². The molecule has 0 fully saturated rings. The average Bonchev–Trinajstić information content (AvgIpc) is 1.76. The Hall–Kier alpha value is 0.110. The van der Waals surface area contributed by atoms with Gasteiger partial charge < -0.3 is 9.79 Å². The van der Waals surface area contributed by atoms with Gasteiger partial charge >= 0.3 is 7.82 Å². The SMILES string of the molecule is CC(C)(C)CCCOP(=O)(O)O. The number of rotatable bonds is 4. The zero-order chi connectivity index (χ0) is 9.83. The van der Waals surface area contributed by atoms with Crippen molar-refractivity contribution in [3.05, 3.63) is 0 Å². The van der Waals surface area contributed by atoms with Crippen LogP contribution in [0.25, 0.3) is 0 Å². The highest BCUT2D eigenvalue weighted by Crippen LogP contribution is 2.36. The topological polar surface area (TPSA) is 66.8 Å². The van der Waals surface area contributed by atoms with Crippen LogP contribution in [0.15, 0.2) is 0 Å². The summed E-state index contributed by atoms with van der Waals surface area (Å²) in [5, 5.41) is 0. The van der Waals surface area contributed by atoms with E-state index in [1.807, 2.05) is 0 Å². The van der Waals surface area contributed by atoms with Crippen LogP contribution in [0.5, 0.6) is 0 Å². The minimum Gasteiger partial charge on any atom is -0.303 e. The Morgan fingerprint density at radius 3 is 2.17 bits per heavy atom. The molecule has 0 aromatic heterocycles. The minimum atomic E-state index is -4.25. The van der Waals surface area contributed by atoms with Crippen molar-refractivity contribution < 1.29 is 18.9 Å². The van der Waals surface area contributed by atoms with E-state index in [1.54, 1.807) is 0 Å². The fraction of sp³-hybridized carbons (Fsp3) is 1.00. The maximum absolute atomic E-state index is 10.2. The van der Waals surface area contributed by atoms with E-state index in [0.29, 0.717) is 6.42 Å². The zero-order valence-electron chi connectivity index (χ0n) is 7.78. The highest BCUT2D eigenvalue weighted by molar-refractivity contribution is 7.46. The molecule has 0 bridgehead atoms. The molecule has 0 atom stereocenters. The van der Waals surface area contributed by atoms with Gasteiger partial charge in [-0.1, -0.05) is 20.8 Å². The second-order valence-corrected chi connectivity index (χ2v) is 5.23. The quantitative estimate of drug-likeness (QED) is 0.532. The van der Waals surface area contributed by atoms with Crippen LogP contribution in [0.1, 0.15) is 33.6 Å². The van der Waals surface area contributed by atoms with E-state index in [9.17, 15) is 4.57 Å². The molecule has 0 heterocycles. The highest BCUT2D eigenvalue weighted by Gasteiger charge is 2.14. The van der Waals surface area contributed by atoms with Crippen molar-refractivity contribution in [2.45, 2.75) is 33.6 Å². The van der Waals surface area contributed by atoms with Crippen molar-refractivity contribution in [3.63, 3.8) is 0 Å². The summed E-state index contributed by atoms with van der Waals surface area (Å²) in [6.45, 7) is 6.35. The van der Waals surface area contributed by atoms with Gasteiger partial charge in [-0.05, 0) is 18.3 Å². The molecule has 0 radical (unpaired) electrons. The lowest BCUT2D eigenvalue weighted by molar-refractivity contribution is 0.185. The molecule has 0 aliphatic rings. The first-order valence-corrected chi connectivity index (χ1v) is 5.44. The average molecular weight is 196 g/mol. The molecule has 0 saturated carbocycles. The molecule has 0 spiro atoms. The lowest BCUT2D eigenvalue weighted by Crippen LogP contribution is -2.06.